The summed E-state index contributed by atoms with van der Waals surface area (Å²) in [4.78, 5) is 0. The molecule has 0 amide bonds. The molecular formula is C13H21NO5S. The third-order valence-electron chi connectivity index (χ3n) is 3.24. The summed E-state index contributed by atoms with van der Waals surface area (Å²) in [5.74, 6) is 1.15. The van der Waals surface area contributed by atoms with E-state index >= 15 is 0 Å². The number of sulfone groups is 1. The van der Waals surface area contributed by atoms with Crippen LogP contribution in [0.5, 0.6) is 0 Å². The van der Waals surface area contributed by atoms with E-state index in [0.29, 0.717) is 25.3 Å². The highest BCUT2D eigenvalue weighted by Crippen LogP contribution is 2.11. The molecule has 0 saturated carbocycles. The van der Waals surface area contributed by atoms with Crippen LogP contribution >= 0.6 is 0 Å². The molecule has 114 valence electrons. The number of ether oxygens (including phenoxy) is 1. The summed E-state index contributed by atoms with van der Waals surface area (Å²) in [6.07, 6.45) is 2.43. The van der Waals surface area contributed by atoms with Gasteiger partial charge in [-0.25, -0.2) is 8.42 Å². The zero-order valence-corrected chi connectivity index (χ0v) is 12.1. The van der Waals surface area contributed by atoms with Gasteiger partial charge in [0.2, 0.25) is 0 Å². The van der Waals surface area contributed by atoms with Crippen LogP contribution in [-0.2, 0) is 21.2 Å². The predicted molar refractivity (Wildman–Crippen MR) is 74.0 cm³/mol. The van der Waals surface area contributed by atoms with Crippen molar-refractivity contribution < 1.29 is 22.7 Å². The third kappa shape index (κ3) is 5.24. The summed E-state index contributed by atoms with van der Waals surface area (Å²) >= 11 is 0. The number of hydrogen-bond acceptors (Lipinski definition) is 6. The predicted octanol–water partition coefficient (Wildman–Crippen LogP) is 0.324. The van der Waals surface area contributed by atoms with Crippen LogP contribution in [0.15, 0.2) is 22.8 Å². The summed E-state index contributed by atoms with van der Waals surface area (Å²) < 4.78 is 33.4. The molecule has 2 heterocycles. The lowest BCUT2D eigenvalue weighted by atomic mass is 10.2. The summed E-state index contributed by atoms with van der Waals surface area (Å²) in [7, 11) is -2.91. The highest BCUT2D eigenvalue weighted by molar-refractivity contribution is 7.91. The lowest BCUT2D eigenvalue weighted by molar-refractivity contribution is 0.0216. The van der Waals surface area contributed by atoms with E-state index in [0.717, 1.165) is 6.42 Å². The van der Waals surface area contributed by atoms with Gasteiger partial charge < -0.3 is 19.6 Å². The van der Waals surface area contributed by atoms with E-state index in [2.05, 4.69) is 5.32 Å². The fraction of sp³-hybridized carbons (Fsp3) is 0.692. The van der Waals surface area contributed by atoms with Crippen LogP contribution in [0.1, 0.15) is 18.6 Å². The first-order valence-corrected chi connectivity index (χ1v) is 8.59. The van der Waals surface area contributed by atoms with Crippen molar-refractivity contribution in [3.63, 3.8) is 0 Å². The van der Waals surface area contributed by atoms with Crippen molar-refractivity contribution >= 4 is 9.84 Å². The van der Waals surface area contributed by atoms with Gasteiger partial charge in [0.05, 0.1) is 30.5 Å². The molecule has 1 aromatic heterocycles. The molecule has 1 aliphatic rings. The van der Waals surface area contributed by atoms with E-state index in [4.69, 9.17) is 9.15 Å². The quantitative estimate of drug-likeness (QED) is 0.754. The summed E-state index contributed by atoms with van der Waals surface area (Å²) in [6.45, 7) is 0.841. The fourth-order valence-electron chi connectivity index (χ4n) is 2.24. The van der Waals surface area contributed by atoms with E-state index in [9.17, 15) is 13.5 Å². The molecule has 0 aromatic carbocycles. The summed E-state index contributed by atoms with van der Waals surface area (Å²) in [6, 6.07) is 3.52. The third-order valence-corrected chi connectivity index (χ3v) is 5.06. The van der Waals surface area contributed by atoms with Crippen LogP contribution in [0.3, 0.4) is 0 Å². The molecule has 6 nitrogen and oxygen atoms in total. The number of aliphatic hydroxyl groups is 1. The van der Waals surface area contributed by atoms with E-state index in [1.54, 1.807) is 18.4 Å². The van der Waals surface area contributed by atoms with Gasteiger partial charge >= 0.3 is 0 Å². The molecule has 2 N–H and O–H groups in total. The topological polar surface area (TPSA) is 88.8 Å². The Labute approximate surface area is 119 Å². The van der Waals surface area contributed by atoms with Crippen LogP contribution in [0, 0.1) is 0 Å². The molecule has 0 aliphatic carbocycles. The van der Waals surface area contributed by atoms with Crippen molar-refractivity contribution in [1.29, 1.82) is 0 Å². The lowest BCUT2D eigenvalue weighted by Gasteiger charge is -2.24. The molecule has 20 heavy (non-hydrogen) atoms. The standard InChI is InChI=1S/C13H21NO5S/c15-12(8-18-9-13-4-1-5-19-13)7-14-11-3-2-6-20(16,17)10-11/h1,4-5,11-12,14-15H,2-3,6-10H2. The molecule has 1 saturated heterocycles. The average molecular weight is 303 g/mol. The van der Waals surface area contributed by atoms with Gasteiger partial charge in [0.15, 0.2) is 9.84 Å². The molecule has 1 aromatic rings. The van der Waals surface area contributed by atoms with Gasteiger partial charge in [-0.05, 0) is 25.0 Å². The van der Waals surface area contributed by atoms with Crippen molar-refractivity contribution in [2.75, 3.05) is 24.7 Å². The minimum atomic E-state index is -2.91. The van der Waals surface area contributed by atoms with Gasteiger partial charge in [0, 0.05) is 12.6 Å². The molecule has 0 spiro atoms. The van der Waals surface area contributed by atoms with Crippen molar-refractivity contribution in [1.82, 2.24) is 5.32 Å². The van der Waals surface area contributed by atoms with Gasteiger partial charge in [-0.2, -0.15) is 0 Å². The fourth-order valence-corrected chi connectivity index (χ4v) is 3.91. The zero-order valence-electron chi connectivity index (χ0n) is 11.3. The maximum Gasteiger partial charge on any atom is 0.151 e. The highest BCUT2D eigenvalue weighted by atomic mass is 32.2. The van der Waals surface area contributed by atoms with Gasteiger partial charge in [0.1, 0.15) is 12.4 Å². The Morgan fingerprint density at radius 2 is 2.40 bits per heavy atom. The largest absolute Gasteiger partial charge is 0.467 e. The number of rotatable bonds is 7. The van der Waals surface area contributed by atoms with Gasteiger partial charge in [-0.15, -0.1) is 0 Å². The first kappa shape index (κ1) is 15.5. The summed E-state index contributed by atoms with van der Waals surface area (Å²) in [5, 5.41) is 12.9. The lowest BCUT2D eigenvalue weighted by Crippen LogP contribution is -2.44. The minimum Gasteiger partial charge on any atom is -0.467 e. The molecule has 2 rings (SSSR count). The van der Waals surface area contributed by atoms with Crippen LogP contribution < -0.4 is 5.32 Å². The Balaban J connectivity index is 1.61. The maximum atomic E-state index is 11.5. The average Bonchev–Trinajstić information content (AvgIpc) is 2.88. The van der Waals surface area contributed by atoms with Crippen LogP contribution in [0.4, 0.5) is 0 Å². The van der Waals surface area contributed by atoms with Crippen molar-refractivity contribution in [3.05, 3.63) is 24.2 Å². The number of aliphatic hydroxyl groups excluding tert-OH is 1. The first-order valence-electron chi connectivity index (χ1n) is 6.77. The maximum absolute atomic E-state index is 11.5. The Kier molecular flexibility index (Phi) is 5.59. The Hall–Kier alpha value is -0.890. The number of hydrogen-bond donors (Lipinski definition) is 2. The molecule has 0 radical (unpaired) electrons. The van der Waals surface area contributed by atoms with Crippen molar-refractivity contribution in [2.24, 2.45) is 0 Å². The van der Waals surface area contributed by atoms with E-state index in [1.165, 1.54) is 0 Å². The van der Waals surface area contributed by atoms with Crippen LogP contribution in [0.2, 0.25) is 0 Å². The zero-order chi connectivity index (χ0) is 14.4. The molecule has 2 atom stereocenters. The van der Waals surface area contributed by atoms with Gasteiger partial charge in [0.25, 0.3) is 0 Å². The molecule has 2 unspecified atom stereocenters. The van der Waals surface area contributed by atoms with Crippen molar-refractivity contribution in [2.45, 2.75) is 31.6 Å². The molecule has 1 aliphatic heterocycles. The highest BCUT2D eigenvalue weighted by Gasteiger charge is 2.24. The second-order valence-electron chi connectivity index (χ2n) is 5.11. The van der Waals surface area contributed by atoms with E-state index < -0.39 is 15.9 Å². The van der Waals surface area contributed by atoms with Gasteiger partial charge in [-0.1, -0.05) is 0 Å². The van der Waals surface area contributed by atoms with E-state index in [-0.39, 0.29) is 24.2 Å². The first-order chi connectivity index (χ1) is 9.55. The molecule has 7 heteroatoms. The number of furan rings is 1. The Morgan fingerprint density at radius 1 is 1.55 bits per heavy atom. The number of nitrogens with one attached hydrogen (secondary N) is 1. The Morgan fingerprint density at radius 3 is 3.10 bits per heavy atom. The van der Waals surface area contributed by atoms with Crippen LogP contribution in [-0.4, -0.2) is 50.3 Å². The second-order valence-corrected chi connectivity index (χ2v) is 7.34. The minimum absolute atomic E-state index is 0.0616. The molecular weight excluding hydrogens is 282 g/mol. The Bertz CT molecular complexity index is 485. The monoisotopic (exact) mass is 303 g/mol. The van der Waals surface area contributed by atoms with E-state index in [1.807, 2.05) is 0 Å². The smallest absolute Gasteiger partial charge is 0.151 e. The van der Waals surface area contributed by atoms with Gasteiger partial charge in [-0.3, -0.25) is 0 Å². The van der Waals surface area contributed by atoms with Crippen LogP contribution in [0.25, 0.3) is 0 Å². The van der Waals surface area contributed by atoms with Crippen molar-refractivity contribution in [3.8, 4) is 0 Å². The second kappa shape index (κ2) is 7.21. The SMILES string of the molecule is O=S1(=O)CCCC(NCC(O)COCc2ccco2)C1. The molecule has 0 bridgehead atoms. The molecule has 1 fully saturated rings. The summed E-state index contributed by atoms with van der Waals surface area (Å²) in [5.41, 5.74) is 0. The normalized spacial score (nSPS) is 23.6.